The van der Waals surface area contributed by atoms with Gasteiger partial charge in [-0.15, -0.1) is 0 Å². The summed E-state index contributed by atoms with van der Waals surface area (Å²) in [5, 5.41) is 8.02. The molecule has 9 rings (SSSR count). The van der Waals surface area contributed by atoms with Gasteiger partial charge in [-0.25, -0.2) is 9.97 Å². The molecule has 200 valence electrons. The molecule has 0 saturated carbocycles. The number of benzene rings is 6. The van der Waals surface area contributed by atoms with Gasteiger partial charge >= 0.3 is 0 Å². The third kappa shape index (κ3) is 3.74. The predicted octanol–water partition coefficient (Wildman–Crippen LogP) is 9.76. The molecular formula is C39H24N4. The van der Waals surface area contributed by atoms with Crippen molar-refractivity contribution in [1.29, 1.82) is 0 Å². The maximum absolute atomic E-state index is 5.32. The average molecular weight is 549 g/mol. The first kappa shape index (κ1) is 23.8. The van der Waals surface area contributed by atoms with Crippen molar-refractivity contribution in [2.45, 2.75) is 0 Å². The summed E-state index contributed by atoms with van der Waals surface area (Å²) in [5.41, 5.74) is 7.09. The molecule has 0 unspecified atom stereocenters. The molecule has 3 heterocycles. The Balaban J connectivity index is 1.36. The smallest absolute Gasteiger partial charge is 0.237 e. The third-order valence-corrected chi connectivity index (χ3v) is 8.44. The van der Waals surface area contributed by atoms with Crippen molar-refractivity contribution in [2.75, 3.05) is 0 Å². The van der Waals surface area contributed by atoms with E-state index in [4.69, 9.17) is 15.0 Å². The van der Waals surface area contributed by atoms with Gasteiger partial charge in [0.25, 0.3) is 0 Å². The number of fused-ring (bicyclic) bond motifs is 7. The minimum Gasteiger partial charge on any atom is -0.277 e. The Hall–Kier alpha value is -5.87. The van der Waals surface area contributed by atoms with Crippen molar-refractivity contribution in [3.63, 3.8) is 0 Å². The number of nitrogens with zero attached hydrogens (tertiary/aromatic N) is 4. The van der Waals surface area contributed by atoms with Crippen LogP contribution in [-0.4, -0.2) is 19.5 Å². The van der Waals surface area contributed by atoms with E-state index in [9.17, 15) is 0 Å². The van der Waals surface area contributed by atoms with Gasteiger partial charge in [0.05, 0.1) is 16.7 Å². The molecule has 6 aromatic carbocycles. The van der Waals surface area contributed by atoms with E-state index in [1.807, 2.05) is 12.1 Å². The van der Waals surface area contributed by atoms with Crippen LogP contribution in [0.25, 0.3) is 82.7 Å². The highest BCUT2D eigenvalue weighted by Gasteiger charge is 2.20. The van der Waals surface area contributed by atoms with Gasteiger partial charge in [0.1, 0.15) is 0 Å². The summed E-state index contributed by atoms with van der Waals surface area (Å²) in [4.78, 5) is 15.1. The maximum Gasteiger partial charge on any atom is 0.237 e. The van der Waals surface area contributed by atoms with Crippen molar-refractivity contribution in [2.24, 2.45) is 0 Å². The van der Waals surface area contributed by atoms with Crippen LogP contribution in [0.5, 0.6) is 0 Å². The molecule has 0 aliphatic rings. The number of hydrogen-bond donors (Lipinski definition) is 0. The van der Waals surface area contributed by atoms with Gasteiger partial charge in [-0.3, -0.25) is 4.57 Å². The van der Waals surface area contributed by atoms with Crippen LogP contribution in [-0.2, 0) is 0 Å². The molecule has 0 aliphatic carbocycles. The molecule has 0 N–H and O–H groups in total. The van der Waals surface area contributed by atoms with Gasteiger partial charge in [0.15, 0.2) is 5.65 Å². The normalized spacial score (nSPS) is 11.7. The van der Waals surface area contributed by atoms with Crippen molar-refractivity contribution in [1.82, 2.24) is 19.5 Å². The zero-order chi connectivity index (χ0) is 28.3. The van der Waals surface area contributed by atoms with E-state index >= 15 is 0 Å². The molecule has 0 saturated heterocycles. The molecule has 0 aliphatic heterocycles. The van der Waals surface area contributed by atoms with Crippen molar-refractivity contribution in [3.05, 3.63) is 146 Å². The van der Waals surface area contributed by atoms with E-state index in [-0.39, 0.29) is 0 Å². The number of pyridine rings is 1. The summed E-state index contributed by atoms with van der Waals surface area (Å²) >= 11 is 0. The second-order valence-corrected chi connectivity index (χ2v) is 10.9. The van der Waals surface area contributed by atoms with Crippen LogP contribution >= 0.6 is 0 Å². The Labute approximate surface area is 247 Å². The first-order chi connectivity index (χ1) is 21.3. The van der Waals surface area contributed by atoms with Gasteiger partial charge in [-0.05, 0) is 51.6 Å². The molecule has 0 bridgehead atoms. The molecule has 0 amide bonds. The van der Waals surface area contributed by atoms with Crippen LogP contribution in [0.3, 0.4) is 0 Å². The maximum atomic E-state index is 5.32. The molecule has 0 atom stereocenters. The fraction of sp³-hybridized carbons (Fsp3) is 0. The van der Waals surface area contributed by atoms with E-state index in [0.717, 1.165) is 27.7 Å². The minimum atomic E-state index is 0.611. The summed E-state index contributed by atoms with van der Waals surface area (Å²) in [6.45, 7) is 0. The summed E-state index contributed by atoms with van der Waals surface area (Å²) < 4.78 is 2.23. The number of hydrogen-bond acceptors (Lipinski definition) is 3. The molecule has 0 spiro atoms. The zero-order valence-electron chi connectivity index (χ0n) is 23.1. The summed E-state index contributed by atoms with van der Waals surface area (Å²) in [6.07, 6.45) is 1.80. The van der Waals surface area contributed by atoms with Crippen LogP contribution < -0.4 is 0 Å². The third-order valence-electron chi connectivity index (χ3n) is 8.44. The number of aromatic nitrogens is 4. The fourth-order valence-corrected chi connectivity index (χ4v) is 6.39. The van der Waals surface area contributed by atoms with Crippen LogP contribution in [0.4, 0.5) is 0 Å². The second kappa shape index (κ2) is 9.33. The molecule has 43 heavy (non-hydrogen) atoms. The lowest BCUT2D eigenvalue weighted by molar-refractivity contribution is 1.01. The summed E-state index contributed by atoms with van der Waals surface area (Å²) in [7, 11) is 0. The average Bonchev–Trinajstić information content (AvgIpc) is 3.41. The first-order valence-electron chi connectivity index (χ1n) is 14.5. The highest BCUT2D eigenvalue weighted by molar-refractivity contribution is 6.20. The van der Waals surface area contributed by atoms with E-state index in [0.29, 0.717) is 11.6 Å². The second-order valence-electron chi connectivity index (χ2n) is 10.9. The van der Waals surface area contributed by atoms with Crippen LogP contribution in [0.15, 0.2) is 146 Å². The highest BCUT2D eigenvalue weighted by Crippen LogP contribution is 2.39. The summed E-state index contributed by atoms with van der Waals surface area (Å²) in [5.74, 6) is 0.611. The van der Waals surface area contributed by atoms with Gasteiger partial charge in [-0.2, -0.15) is 4.98 Å². The van der Waals surface area contributed by atoms with E-state index < -0.39 is 0 Å². The Bertz CT molecular complexity index is 2490. The predicted molar refractivity (Wildman–Crippen MR) is 178 cm³/mol. The Kier molecular flexibility index (Phi) is 5.16. The SMILES string of the molecule is c1ccc(-c2ccc(-c3nc(-n4c5cc6ccccc6cc5c5ccc6ccccc6c54)nc4ncccc34)cc2)cc1. The van der Waals surface area contributed by atoms with Crippen LogP contribution in [0.1, 0.15) is 0 Å². The topological polar surface area (TPSA) is 43.6 Å². The van der Waals surface area contributed by atoms with Gasteiger partial charge in [-0.1, -0.05) is 115 Å². The Morgan fingerprint density at radius 2 is 1.12 bits per heavy atom. The highest BCUT2D eigenvalue weighted by atomic mass is 15.2. The van der Waals surface area contributed by atoms with Gasteiger partial charge < -0.3 is 0 Å². The molecule has 0 radical (unpaired) electrons. The van der Waals surface area contributed by atoms with Crippen molar-refractivity contribution < 1.29 is 0 Å². The Morgan fingerprint density at radius 1 is 0.442 bits per heavy atom. The molecule has 4 heteroatoms. The molecule has 3 aromatic heterocycles. The molecular weight excluding hydrogens is 524 g/mol. The lowest BCUT2D eigenvalue weighted by atomic mass is 10.0. The minimum absolute atomic E-state index is 0.611. The van der Waals surface area contributed by atoms with E-state index in [1.54, 1.807) is 6.20 Å². The monoisotopic (exact) mass is 548 g/mol. The molecule has 9 aromatic rings. The van der Waals surface area contributed by atoms with Gasteiger partial charge in [0, 0.05) is 33.3 Å². The lowest BCUT2D eigenvalue weighted by Gasteiger charge is -2.12. The largest absolute Gasteiger partial charge is 0.277 e. The number of rotatable bonds is 3. The van der Waals surface area contributed by atoms with Crippen molar-refractivity contribution >= 4 is 54.4 Å². The van der Waals surface area contributed by atoms with E-state index in [1.165, 1.54) is 43.4 Å². The summed E-state index contributed by atoms with van der Waals surface area (Å²) in [6, 6.07) is 49.1. The van der Waals surface area contributed by atoms with Crippen LogP contribution in [0, 0.1) is 0 Å². The quantitative estimate of drug-likeness (QED) is 0.221. The fourth-order valence-electron chi connectivity index (χ4n) is 6.39. The van der Waals surface area contributed by atoms with Gasteiger partial charge in [0.2, 0.25) is 5.95 Å². The van der Waals surface area contributed by atoms with Crippen molar-refractivity contribution in [3.8, 4) is 28.3 Å². The zero-order valence-corrected chi connectivity index (χ0v) is 23.1. The molecule has 4 nitrogen and oxygen atoms in total. The standard InChI is InChI=1S/C39H24N4/c1-2-9-25(10-3-1)26-16-18-28(19-17-26)36-33-15-8-22-40-38(33)42-39(41-36)43-35-24-30-13-5-4-12-29(30)23-34(35)32-21-20-27-11-6-7-14-31(27)37(32)43/h1-24H. The Morgan fingerprint density at radius 3 is 1.95 bits per heavy atom. The van der Waals surface area contributed by atoms with E-state index in [2.05, 4.69) is 132 Å². The first-order valence-corrected chi connectivity index (χ1v) is 14.5. The van der Waals surface area contributed by atoms with Crippen LogP contribution in [0.2, 0.25) is 0 Å². The lowest BCUT2D eigenvalue weighted by Crippen LogP contribution is -2.04. The molecule has 0 fully saturated rings.